The van der Waals surface area contributed by atoms with Crippen LogP contribution in [0.4, 0.5) is 0 Å². The van der Waals surface area contributed by atoms with E-state index in [2.05, 4.69) is 23.0 Å². The van der Waals surface area contributed by atoms with Gasteiger partial charge >= 0.3 is 0 Å². The fourth-order valence-electron chi connectivity index (χ4n) is 3.91. The molecular weight excluding hydrogens is 346 g/mol. The Morgan fingerprint density at radius 3 is 2.29 bits per heavy atom. The van der Waals surface area contributed by atoms with Crippen LogP contribution in [0, 0.1) is 11.3 Å². The fourth-order valence-corrected chi connectivity index (χ4v) is 3.91. The van der Waals surface area contributed by atoms with Crippen molar-refractivity contribution in [3.63, 3.8) is 0 Å². The molecule has 4 heteroatoms. The second-order valence-electron chi connectivity index (χ2n) is 7.79. The van der Waals surface area contributed by atoms with Crippen molar-refractivity contribution in [3.05, 3.63) is 47.8 Å². The minimum atomic E-state index is 0.432. The van der Waals surface area contributed by atoms with Crippen molar-refractivity contribution < 1.29 is 4.74 Å². The number of benzene rings is 1. The molecule has 0 unspecified atom stereocenters. The molecule has 0 radical (unpaired) electrons. The molecule has 1 fully saturated rings. The van der Waals surface area contributed by atoms with Crippen molar-refractivity contribution in [1.82, 2.24) is 9.97 Å². The lowest BCUT2D eigenvalue weighted by Gasteiger charge is -2.28. The summed E-state index contributed by atoms with van der Waals surface area (Å²) in [6, 6.07) is 9.54. The molecule has 0 spiro atoms. The normalized spacial score (nSPS) is 19.3. The number of unbranched alkanes of at least 4 members (excludes halogenated alkanes) is 4. The van der Waals surface area contributed by atoms with Gasteiger partial charge in [-0.3, -0.25) is 0 Å². The molecule has 1 aromatic heterocycles. The van der Waals surface area contributed by atoms with Gasteiger partial charge in [0.25, 0.3) is 0 Å². The number of hydrogen-bond donors (Lipinski definition) is 0. The summed E-state index contributed by atoms with van der Waals surface area (Å²) in [5, 5.41) is 8.90. The minimum Gasteiger partial charge on any atom is -0.378 e. The Labute approximate surface area is 169 Å². The minimum absolute atomic E-state index is 0.432. The van der Waals surface area contributed by atoms with E-state index in [1.54, 1.807) is 12.1 Å². The first kappa shape index (κ1) is 20.5. The second-order valence-corrected chi connectivity index (χ2v) is 7.79. The highest BCUT2D eigenvalue weighted by atomic mass is 16.5. The largest absolute Gasteiger partial charge is 0.378 e. The molecule has 0 N–H and O–H groups in total. The monoisotopic (exact) mass is 377 g/mol. The van der Waals surface area contributed by atoms with E-state index in [0.717, 1.165) is 37.9 Å². The number of hydrogen-bond acceptors (Lipinski definition) is 4. The number of aromatic nitrogens is 2. The molecule has 4 nitrogen and oxygen atoms in total. The van der Waals surface area contributed by atoms with E-state index in [4.69, 9.17) is 10.00 Å². The number of ether oxygens (including phenoxy) is 1. The van der Waals surface area contributed by atoms with E-state index >= 15 is 0 Å². The van der Waals surface area contributed by atoms with E-state index in [1.807, 2.05) is 24.5 Å². The first-order valence-corrected chi connectivity index (χ1v) is 10.7. The second kappa shape index (κ2) is 10.9. The first-order valence-electron chi connectivity index (χ1n) is 10.7. The Morgan fingerprint density at radius 2 is 1.64 bits per heavy atom. The molecular formula is C24H31N3O. The van der Waals surface area contributed by atoms with Crippen LogP contribution in [0.25, 0.3) is 11.4 Å². The van der Waals surface area contributed by atoms with Crippen molar-refractivity contribution in [2.75, 3.05) is 6.61 Å². The van der Waals surface area contributed by atoms with Crippen LogP contribution in [-0.4, -0.2) is 22.7 Å². The Bertz CT molecular complexity index is 741. The number of nitriles is 1. The third-order valence-corrected chi connectivity index (χ3v) is 5.69. The molecule has 0 saturated heterocycles. The van der Waals surface area contributed by atoms with Crippen LogP contribution < -0.4 is 0 Å². The molecule has 1 aliphatic carbocycles. The summed E-state index contributed by atoms with van der Waals surface area (Å²) in [6.45, 7) is 3.17. The van der Waals surface area contributed by atoms with Gasteiger partial charge in [-0.25, -0.2) is 9.97 Å². The van der Waals surface area contributed by atoms with Crippen LogP contribution >= 0.6 is 0 Å². The third kappa shape index (κ3) is 5.87. The van der Waals surface area contributed by atoms with Gasteiger partial charge in [-0.1, -0.05) is 32.6 Å². The summed E-state index contributed by atoms with van der Waals surface area (Å²) in [6.07, 6.45) is 15.4. The van der Waals surface area contributed by atoms with Crippen LogP contribution in [0.2, 0.25) is 0 Å². The van der Waals surface area contributed by atoms with Gasteiger partial charge in [-0.15, -0.1) is 0 Å². The Hall–Kier alpha value is -2.25. The van der Waals surface area contributed by atoms with E-state index in [0.29, 0.717) is 23.4 Å². The van der Waals surface area contributed by atoms with Crippen molar-refractivity contribution in [2.45, 2.75) is 76.7 Å². The van der Waals surface area contributed by atoms with E-state index in [1.165, 1.54) is 37.7 Å². The zero-order valence-electron chi connectivity index (χ0n) is 16.9. The van der Waals surface area contributed by atoms with E-state index in [-0.39, 0.29) is 0 Å². The number of nitrogens with zero attached hydrogens (tertiary/aromatic N) is 3. The molecule has 1 saturated carbocycles. The molecule has 0 amide bonds. The summed E-state index contributed by atoms with van der Waals surface area (Å²) in [5.41, 5.74) is 2.83. The quantitative estimate of drug-likeness (QED) is 0.501. The SMILES string of the molecule is CCCCCCCO[C@H]1CC[C@H](c2cnc(-c3ccc(C#N)cc3)nc2)CC1. The first-order chi connectivity index (χ1) is 13.8. The summed E-state index contributed by atoms with van der Waals surface area (Å²) in [7, 11) is 0. The van der Waals surface area contributed by atoms with Crippen molar-refractivity contribution in [1.29, 1.82) is 5.26 Å². The van der Waals surface area contributed by atoms with Gasteiger partial charge in [-0.2, -0.15) is 5.26 Å². The molecule has 1 aliphatic rings. The number of rotatable bonds is 9. The maximum absolute atomic E-state index is 8.90. The molecule has 1 aromatic carbocycles. The smallest absolute Gasteiger partial charge is 0.159 e. The third-order valence-electron chi connectivity index (χ3n) is 5.69. The topological polar surface area (TPSA) is 58.8 Å². The van der Waals surface area contributed by atoms with E-state index < -0.39 is 0 Å². The van der Waals surface area contributed by atoms with Crippen LogP contribution in [-0.2, 0) is 4.74 Å². The van der Waals surface area contributed by atoms with Crippen LogP contribution in [0.5, 0.6) is 0 Å². The molecule has 3 rings (SSSR count). The molecule has 148 valence electrons. The molecule has 2 aromatic rings. The molecule has 28 heavy (non-hydrogen) atoms. The zero-order chi connectivity index (χ0) is 19.6. The maximum atomic E-state index is 8.90. The highest BCUT2D eigenvalue weighted by molar-refractivity contribution is 5.56. The Morgan fingerprint density at radius 1 is 0.964 bits per heavy atom. The Kier molecular flexibility index (Phi) is 7.99. The van der Waals surface area contributed by atoms with Crippen molar-refractivity contribution in [2.24, 2.45) is 0 Å². The van der Waals surface area contributed by atoms with Gasteiger partial charge in [0.2, 0.25) is 0 Å². The average molecular weight is 378 g/mol. The van der Waals surface area contributed by atoms with Crippen molar-refractivity contribution >= 4 is 0 Å². The van der Waals surface area contributed by atoms with Crippen LogP contribution in [0.3, 0.4) is 0 Å². The lowest BCUT2D eigenvalue weighted by atomic mass is 9.84. The van der Waals surface area contributed by atoms with Crippen LogP contribution in [0.1, 0.15) is 81.8 Å². The van der Waals surface area contributed by atoms with Gasteiger partial charge in [0.05, 0.1) is 17.7 Å². The van der Waals surface area contributed by atoms with Gasteiger partial charge in [-0.05, 0) is 67.9 Å². The average Bonchev–Trinajstić information content (AvgIpc) is 2.77. The highest BCUT2D eigenvalue weighted by Crippen LogP contribution is 2.34. The lowest BCUT2D eigenvalue weighted by Crippen LogP contribution is -2.21. The molecule has 1 heterocycles. The summed E-state index contributed by atoms with van der Waals surface area (Å²) in [4.78, 5) is 9.12. The maximum Gasteiger partial charge on any atom is 0.159 e. The summed E-state index contributed by atoms with van der Waals surface area (Å²) >= 11 is 0. The summed E-state index contributed by atoms with van der Waals surface area (Å²) < 4.78 is 6.09. The molecule has 0 aliphatic heterocycles. The van der Waals surface area contributed by atoms with Gasteiger partial charge < -0.3 is 4.74 Å². The van der Waals surface area contributed by atoms with Gasteiger partial charge in [0.15, 0.2) is 5.82 Å². The predicted molar refractivity (Wildman–Crippen MR) is 112 cm³/mol. The van der Waals surface area contributed by atoms with Crippen molar-refractivity contribution in [3.8, 4) is 17.5 Å². The molecule has 0 bridgehead atoms. The summed E-state index contributed by atoms with van der Waals surface area (Å²) in [5.74, 6) is 1.26. The predicted octanol–water partition coefficient (Wildman–Crippen LogP) is 6.03. The van der Waals surface area contributed by atoms with Crippen LogP contribution in [0.15, 0.2) is 36.7 Å². The highest BCUT2D eigenvalue weighted by Gasteiger charge is 2.23. The van der Waals surface area contributed by atoms with Gasteiger partial charge in [0, 0.05) is 24.6 Å². The fraction of sp³-hybridized carbons (Fsp3) is 0.542. The van der Waals surface area contributed by atoms with E-state index in [9.17, 15) is 0 Å². The zero-order valence-corrected chi connectivity index (χ0v) is 16.9. The molecule has 0 atom stereocenters. The lowest BCUT2D eigenvalue weighted by molar-refractivity contribution is 0.0225. The standard InChI is InChI=1S/C24H31N3O/c1-2-3-4-5-6-15-28-23-13-11-20(12-14-23)22-17-26-24(27-18-22)21-9-7-19(16-25)8-10-21/h7-10,17-18,20,23H,2-6,11-15H2,1H3/t20-,23-. The Balaban J connectivity index is 1.43. The van der Waals surface area contributed by atoms with Gasteiger partial charge in [0.1, 0.15) is 0 Å².